The van der Waals surface area contributed by atoms with Crippen LogP contribution in [0.5, 0.6) is 5.75 Å². The van der Waals surface area contributed by atoms with E-state index in [1.165, 1.54) is 6.08 Å². The Balaban J connectivity index is 1.80. The van der Waals surface area contributed by atoms with Gasteiger partial charge in [-0.2, -0.15) is 5.26 Å². The van der Waals surface area contributed by atoms with Gasteiger partial charge < -0.3 is 10.1 Å². The molecule has 0 bridgehead atoms. The van der Waals surface area contributed by atoms with Crippen LogP contribution in [0.15, 0.2) is 70.7 Å². The standard InChI is InChI=1S/C23H14BrCl3N2O2/c24-17-10-15(11-19(26)22(17)31-13-14-5-2-1-3-6-14)9-16(12-28)23(30)29-20-8-4-7-18(25)21(20)27/h1-11H,13H2,(H,29,30)/b16-9-. The lowest BCUT2D eigenvalue weighted by molar-refractivity contribution is -0.112. The summed E-state index contributed by atoms with van der Waals surface area (Å²) in [5.74, 6) is -0.153. The summed E-state index contributed by atoms with van der Waals surface area (Å²) in [5.41, 5.74) is 1.73. The SMILES string of the molecule is N#C/C(=C/c1cc(Cl)c(OCc2ccccc2)c(Br)c1)C(=O)Nc1cccc(Cl)c1Cl. The predicted molar refractivity (Wildman–Crippen MR) is 129 cm³/mol. The summed E-state index contributed by atoms with van der Waals surface area (Å²) in [7, 11) is 0. The van der Waals surface area contributed by atoms with Gasteiger partial charge in [0.2, 0.25) is 0 Å². The van der Waals surface area contributed by atoms with E-state index < -0.39 is 5.91 Å². The third-order valence-electron chi connectivity index (χ3n) is 4.12. The second-order valence-electron chi connectivity index (χ2n) is 6.31. The van der Waals surface area contributed by atoms with Crippen LogP contribution in [0.4, 0.5) is 5.69 Å². The second-order valence-corrected chi connectivity index (χ2v) is 8.36. The minimum absolute atomic E-state index is 0.128. The van der Waals surface area contributed by atoms with E-state index in [2.05, 4.69) is 21.2 Å². The van der Waals surface area contributed by atoms with Gasteiger partial charge in [-0.1, -0.05) is 71.2 Å². The van der Waals surface area contributed by atoms with Crippen LogP contribution >= 0.6 is 50.7 Å². The largest absolute Gasteiger partial charge is 0.486 e. The number of halogens is 4. The van der Waals surface area contributed by atoms with Gasteiger partial charge in [0, 0.05) is 0 Å². The van der Waals surface area contributed by atoms with Crippen LogP contribution in [0.1, 0.15) is 11.1 Å². The summed E-state index contributed by atoms with van der Waals surface area (Å²) in [6.07, 6.45) is 1.42. The molecular formula is C23H14BrCl3N2O2. The molecule has 0 aliphatic heterocycles. The van der Waals surface area contributed by atoms with E-state index in [0.717, 1.165) is 5.56 Å². The molecule has 0 radical (unpaired) electrons. The zero-order valence-electron chi connectivity index (χ0n) is 15.8. The van der Waals surface area contributed by atoms with E-state index in [4.69, 9.17) is 39.5 Å². The zero-order chi connectivity index (χ0) is 22.4. The number of carbonyl (C=O) groups is 1. The Kier molecular flexibility index (Phi) is 8.00. The number of hydrogen-bond donors (Lipinski definition) is 1. The Morgan fingerprint density at radius 3 is 2.48 bits per heavy atom. The van der Waals surface area contributed by atoms with E-state index >= 15 is 0 Å². The second kappa shape index (κ2) is 10.7. The topological polar surface area (TPSA) is 62.1 Å². The minimum atomic E-state index is -0.622. The molecule has 0 atom stereocenters. The van der Waals surface area contributed by atoms with Crippen molar-refractivity contribution in [3.63, 3.8) is 0 Å². The van der Waals surface area contributed by atoms with E-state index in [9.17, 15) is 10.1 Å². The third-order valence-corrected chi connectivity index (χ3v) is 5.81. The van der Waals surface area contributed by atoms with Crippen molar-refractivity contribution < 1.29 is 9.53 Å². The molecule has 1 N–H and O–H groups in total. The predicted octanol–water partition coefficient (Wildman–Crippen LogP) is 7.53. The summed E-state index contributed by atoms with van der Waals surface area (Å²) in [6.45, 7) is 0.348. The number of nitriles is 1. The molecule has 4 nitrogen and oxygen atoms in total. The van der Waals surface area contributed by atoms with Gasteiger partial charge in [-0.05, 0) is 57.4 Å². The maximum absolute atomic E-state index is 12.5. The molecule has 3 rings (SSSR count). The van der Waals surface area contributed by atoms with Gasteiger partial charge in [-0.15, -0.1) is 0 Å². The smallest absolute Gasteiger partial charge is 0.266 e. The van der Waals surface area contributed by atoms with E-state index in [1.807, 2.05) is 36.4 Å². The van der Waals surface area contributed by atoms with Crippen LogP contribution in [0.2, 0.25) is 15.1 Å². The number of nitrogens with one attached hydrogen (secondary N) is 1. The first-order chi connectivity index (χ1) is 14.9. The van der Waals surface area contributed by atoms with Crippen molar-refractivity contribution in [3.05, 3.63) is 96.9 Å². The van der Waals surface area contributed by atoms with Gasteiger partial charge in [0.1, 0.15) is 18.2 Å². The molecule has 0 fully saturated rings. The molecule has 0 saturated heterocycles. The van der Waals surface area contributed by atoms with E-state index in [1.54, 1.807) is 30.3 Å². The van der Waals surface area contributed by atoms with E-state index in [-0.39, 0.29) is 10.6 Å². The van der Waals surface area contributed by atoms with Crippen molar-refractivity contribution in [1.29, 1.82) is 5.26 Å². The Labute approximate surface area is 203 Å². The third kappa shape index (κ3) is 6.03. The molecule has 1 amide bonds. The molecule has 0 aromatic heterocycles. The van der Waals surface area contributed by atoms with Gasteiger partial charge >= 0.3 is 0 Å². The number of ether oxygens (including phenoxy) is 1. The quantitative estimate of drug-likeness (QED) is 0.262. The van der Waals surface area contributed by atoms with Crippen LogP contribution < -0.4 is 10.1 Å². The monoisotopic (exact) mass is 534 g/mol. The highest BCUT2D eigenvalue weighted by atomic mass is 79.9. The zero-order valence-corrected chi connectivity index (χ0v) is 19.7. The number of carbonyl (C=O) groups excluding carboxylic acids is 1. The minimum Gasteiger partial charge on any atom is -0.486 e. The number of hydrogen-bond acceptors (Lipinski definition) is 3. The average molecular weight is 537 g/mol. The molecule has 0 saturated carbocycles. The van der Waals surface area contributed by atoms with Gasteiger partial charge in [0.15, 0.2) is 5.75 Å². The Hall–Kier alpha value is -2.49. The molecule has 0 aliphatic carbocycles. The summed E-state index contributed by atoms with van der Waals surface area (Å²) in [5, 5.41) is 12.9. The first-order valence-corrected chi connectivity index (χ1v) is 10.8. The molecule has 31 heavy (non-hydrogen) atoms. The van der Waals surface area contributed by atoms with Crippen LogP contribution in [0.25, 0.3) is 6.08 Å². The number of nitrogens with zero attached hydrogens (tertiary/aromatic N) is 1. The fraction of sp³-hybridized carbons (Fsp3) is 0.0435. The Morgan fingerprint density at radius 2 is 1.81 bits per heavy atom. The number of benzene rings is 3. The maximum atomic E-state index is 12.5. The molecule has 8 heteroatoms. The highest BCUT2D eigenvalue weighted by Gasteiger charge is 2.14. The van der Waals surface area contributed by atoms with Crippen molar-refractivity contribution in [2.24, 2.45) is 0 Å². The molecular weight excluding hydrogens is 523 g/mol. The molecule has 156 valence electrons. The molecule has 0 unspecified atom stereocenters. The highest BCUT2D eigenvalue weighted by molar-refractivity contribution is 9.10. The summed E-state index contributed by atoms with van der Waals surface area (Å²) < 4.78 is 6.41. The lowest BCUT2D eigenvalue weighted by Gasteiger charge is -2.11. The highest BCUT2D eigenvalue weighted by Crippen LogP contribution is 2.36. The lowest BCUT2D eigenvalue weighted by Crippen LogP contribution is -2.13. The molecule has 3 aromatic rings. The average Bonchev–Trinajstić information content (AvgIpc) is 2.75. The van der Waals surface area contributed by atoms with Crippen molar-refractivity contribution >= 4 is 68.4 Å². The van der Waals surface area contributed by atoms with Crippen molar-refractivity contribution in [2.75, 3.05) is 5.32 Å². The number of rotatable bonds is 6. The normalized spacial score (nSPS) is 11.0. The van der Waals surface area contributed by atoms with Crippen molar-refractivity contribution in [1.82, 2.24) is 0 Å². The van der Waals surface area contributed by atoms with Gasteiger partial charge in [0.05, 0.1) is 25.2 Å². The molecule has 0 spiro atoms. The Morgan fingerprint density at radius 1 is 1.06 bits per heavy atom. The van der Waals surface area contributed by atoms with Gasteiger partial charge in [-0.25, -0.2) is 0 Å². The van der Waals surface area contributed by atoms with Gasteiger partial charge in [0.25, 0.3) is 5.91 Å². The first-order valence-electron chi connectivity index (χ1n) is 8.92. The summed E-state index contributed by atoms with van der Waals surface area (Å²) >= 11 is 21.9. The molecule has 0 aliphatic rings. The van der Waals surface area contributed by atoms with Crippen LogP contribution in [0.3, 0.4) is 0 Å². The van der Waals surface area contributed by atoms with Gasteiger partial charge in [-0.3, -0.25) is 4.79 Å². The fourth-order valence-electron chi connectivity index (χ4n) is 2.64. The summed E-state index contributed by atoms with van der Waals surface area (Å²) in [6, 6.07) is 19.7. The molecule has 3 aromatic carbocycles. The van der Waals surface area contributed by atoms with Crippen LogP contribution in [-0.4, -0.2) is 5.91 Å². The van der Waals surface area contributed by atoms with Crippen LogP contribution in [-0.2, 0) is 11.4 Å². The van der Waals surface area contributed by atoms with E-state index in [0.29, 0.717) is 38.1 Å². The number of amides is 1. The lowest BCUT2D eigenvalue weighted by atomic mass is 10.1. The fourth-order valence-corrected chi connectivity index (χ4v) is 3.97. The molecule has 0 heterocycles. The summed E-state index contributed by atoms with van der Waals surface area (Å²) in [4.78, 5) is 12.5. The Bertz CT molecular complexity index is 1170. The number of anilines is 1. The van der Waals surface area contributed by atoms with Crippen LogP contribution in [0, 0.1) is 11.3 Å². The maximum Gasteiger partial charge on any atom is 0.266 e. The first kappa shape index (κ1) is 23.2. The van der Waals surface area contributed by atoms with Crippen molar-refractivity contribution in [2.45, 2.75) is 6.61 Å². The van der Waals surface area contributed by atoms with Crippen molar-refractivity contribution in [3.8, 4) is 11.8 Å².